The number of nitrogens with one attached hydrogen (secondary N) is 1. The average molecular weight is 493 g/mol. The Labute approximate surface area is 198 Å². The van der Waals surface area contributed by atoms with E-state index in [4.69, 9.17) is 21.1 Å². The van der Waals surface area contributed by atoms with Crippen LogP contribution in [0.15, 0.2) is 23.6 Å². The van der Waals surface area contributed by atoms with Crippen molar-refractivity contribution in [2.45, 2.75) is 39.7 Å². The summed E-state index contributed by atoms with van der Waals surface area (Å²) >= 11 is 5.88. The Morgan fingerprint density at radius 3 is 2.85 bits per heavy atom. The minimum absolute atomic E-state index is 0.0514. The number of methoxy groups -OCH3 is 1. The van der Waals surface area contributed by atoms with E-state index in [1.165, 1.54) is 18.7 Å². The molecule has 0 saturated carbocycles. The Bertz CT molecular complexity index is 1320. The molecule has 14 heteroatoms. The molecule has 4 heterocycles. The van der Waals surface area contributed by atoms with Gasteiger partial charge in [-0.05, 0) is 37.9 Å². The molecule has 1 N–H and O–H groups in total. The number of aromatic nitrogens is 5. The van der Waals surface area contributed by atoms with Crippen LogP contribution in [0.4, 0.5) is 10.1 Å². The van der Waals surface area contributed by atoms with Gasteiger partial charge in [0, 0.05) is 31.1 Å². The van der Waals surface area contributed by atoms with Crippen LogP contribution in [0, 0.1) is 24.0 Å². The highest BCUT2D eigenvalue weighted by Gasteiger charge is 2.31. The third kappa shape index (κ3) is 4.43. The van der Waals surface area contributed by atoms with Gasteiger partial charge in [0.15, 0.2) is 12.4 Å². The van der Waals surface area contributed by atoms with E-state index in [0.29, 0.717) is 17.2 Å². The van der Waals surface area contributed by atoms with E-state index in [1.54, 1.807) is 30.1 Å². The topological polar surface area (TPSA) is 135 Å². The van der Waals surface area contributed by atoms with Gasteiger partial charge in [0.25, 0.3) is 0 Å². The number of hydrogen-bond acceptors (Lipinski definition) is 9. The van der Waals surface area contributed by atoms with E-state index < -0.39 is 23.9 Å². The zero-order valence-electron chi connectivity index (χ0n) is 18.8. The number of halogens is 2. The van der Waals surface area contributed by atoms with Crippen LogP contribution >= 0.6 is 11.6 Å². The van der Waals surface area contributed by atoms with Gasteiger partial charge in [-0.3, -0.25) is 10.1 Å². The maximum Gasteiger partial charge on any atom is 0.353 e. The highest BCUT2D eigenvalue weighted by atomic mass is 35.5. The summed E-state index contributed by atoms with van der Waals surface area (Å²) in [6.07, 6.45) is 2.67. The SMILES string of the molecule is COC1N=C(C)NC=C1n1nc(OCC(F)Cn2cc(C)c3cnc(Cl)nc32)c([N+](=O)[O-])c1C. The first-order valence-electron chi connectivity index (χ1n) is 10.2. The lowest BCUT2D eigenvalue weighted by atomic mass is 10.3. The Morgan fingerprint density at radius 2 is 2.15 bits per heavy atom. The summed E-state index contributed by atoms with van der Waals surface area (Å²) in [4.78, 5) is 23.5. The van der Waals surface area contributed by atoms with Crippen molar-refractivity contribution in [1.82, 2.24) is 29.6 Å². The number of aryl methyl sites for hydroxylation is 1. The molecule has 0 aliphatic carbocycles. The molecule has 180 valence electrons. The number of alkyl halides is 1. The first-order chi connectivity index (χ1) is 16.2. The van der Waals surface area contributed by atoms with Crippen molar-refractivity contribution in [3.8, 4) is 5.88 Å². The smallest absolute Gasteiger partial charge is 0.353 e. The number of fused-ring (bicyclic) bond motifs is 1. The molecule has 0 aromatic carbocycles. The molecule has 0 radical (unpaired) electrons. The lowest BCUT2D eigenvalue weighted by molar-refractivity contribution is -0.386. The van der Waals surface area contributed by atoms with Gasteiger partial charge >= 0.3 is 11.6 Å². The minimum Gasteiger partial charge on any atom is -0.469 e. The van der Waals surface area contributed by atoms with Gasteiger partial charge in [-0.25, -0.2) is 19.0 Å². The van der Waals surface area contributed by atoms with Crippen molar-refractivity contribution in [1.29, 1.82) is 0 Å². The quantitative estimate of drug-likeness (QED) is 0.288. The molecule has 1 aliphatic heterocycles. The van der Waals surface area contributed by atoms with Gasteiger partial charge in [-0.1, -0.05) is 0 Å². The average Bonchev–Trinajstić information content (AvgIpc) is 3.28. The van der Waals surface area contributed by atoms with Crippen LogP contribution in [-0.4, -0.2) is 61.2 Å². The fourth-order valence-electron chi connectivity index (χ4n) is 3.68. The number of nitrogens with zero attached hydrogens (tertiary/aromatic N) is 7. The third-order valence-electron chi connectivity index (χ3n) is 5.28. The van der Waals surface area contributed by atoms with Crippen LogP contribution in [-0.2, 0) is 11.3 Å². The maximum absolute atomic E-state index is 14.9. The maximum atomic E-state index is 14.9. The second-order valence-electron chi connectivity index (χ2n) is 7.67. The lowest BCUT2D eigenvalue weighted by Gasteiger charge is -2.21. The zero-order chi connectivity index (χ0) is 24.6. The molecule has 0 bridgehead atoms. The summed E-state index contributed by atoms with van der Waals surface area (Å²) in [6.45, 7) is 4.56. The Hall–Kier alpha value is -3.58. The molecular formula is C20H22ClFN8O4. The summed E-state index contributed by atoms with van der Waals surface area (Å²) in [6, 6.07) is 0. The first kappa shape index (κ1) is 23.6. The van der Waals surface area contributed by atoms with Crippen LogP contribution in [0.5, 0.6) is 5.88 Å². The largest absolute Gasteiger partial charge is 0.469 e. The molecule has 4 rings (SSSR count). The summed E-state index contributed by atoms with van der Waals surface area (Å²) in [5.41, 5.74) is 1.61. The molecule has 12 nitrogen and oxygen atoms in total. The van der Waals surface area contributed by atoms with Gasteiger partial charge in [-0.15, -0.1) is 5.10 Å². The standard InChI is InChI=1S/C20H22ClFN8O4/c1-10-7-28(17-14(10)5-24-20(21)26-17)8-13(22)9-34-19-16(30(31)32)11(2)29(27-19)15-6-23-12(3)25-18(15)33-4/h5-7,13,18H,8-9H2,1-4H3,(H,23,25). The molecule has 3 aromatic rings. The fourth-order valence-corrected chi connectivity index (χ4v) is 3.81. The highest BCUT2D eigenvalue weighted by Crippen LogP contribution is 2.33. The molecule has 0 fully saturated rings. The Morgan fingerprint density at radius 1 is 1.38 bits per heavy atom. The number of amidine groups is 1. The summed E-state index contributed by atoms with van der Waals surface area (Å²) in [5.74, 6) is 0.317. The second kappa shape index (κ2) is 9.35. The van der Waals surface area contributed by atoms with E-state index >= 15 is 0 Å². The van der Waals surface area contributed by atoms with E-state index in [-0.39, 0.29) is 29.1 Å². The molecule has 0 saturated heterocycles. The monoisotopic (exact) mass is 492 g/mol. The van der Waals surface area contributed by atoms with E-state index in [9.17, 15) is 14.5 Å². The number of ether oxygens (including phenoxy) is 2. The van der Waals surface area contributed by atoms with Gasteiger partial charge in [0.1, 0.15) is 29.5 Å². The highest BCUT2D eigenvalue weighted by molar-refractivity contribution is 6.28. The number of nitro groups is 1. The Kier molecular flexibility index (Phi) is 6.48. The molecule has 34 heavy (non-hydrogen) atoms. The van der Waals surface area contributed by atoms with Crippen LogP contribution in [0.25, 0.3) is 16.7 Å². The van der Waals surface area contributed by atoms with Crippen molar-refractivity contribution < 1.29 is 18.8 Å². The lowest BCUT2D eigenvalue weighted by Crippen LogP contribution is -2.29. The first-order valence-corrected chi connectivity index (χ1v) is 10.6. The van der Waals surface area contributed by atoms with Gasteiger partial charge < -0.3 is 19.4 Å². The third-order valence-corrected chi connectivity index (χ3v) is 5.46. The molecular weight excluding hydrogens is 471 g/mol. The molecule has 3 aromatic heterocycles. The molecule has 2 atom stereocenters. The number of hydrogen-bond donors (Lipinski definition) is 1. The van der Waals surface area contributed by atoms with E-state index in [2.05, 4.69) is 25.4 Å². The van der Waals surface area contributed by atoms with Crippen molar-refractivity contribution in [3.05, 3.63) is 45.2 Å². The van der Waals surface area contributed by atoms with Crippen LogP contribution in [0.1, 0.15) is 18.2 Å². The van der Waals surface area contributed by atoms with Crippen molar-refractivity contribution in [2.24, 2.45) is 4.99 Å². The minimum atomic E-state index is -1.51. The predicted octanol–water partition coefficient (Wildman–Crippen LogP) is 3.02. The molecule has 1 aliphatic rings. The summed E-state index contributed by atoms with van der Waals surface area (Å²) in [7, 11) is 1.46. The van der Waals surface area contributed by atoms with Crippen molar-refractivity contribution in [3.63, 3.8) is 0 Å². The van der Waals surface area contributed by atoms with Gasteiger partial charge in [0.2, 0.25) is 5.28 Å². The molecule has 0 spiro atoms. The van der Waals surface area contributed by atoms with Crippen LogP contribution < -0.4 is 10.1 Å². The normalized spacial score (nSPS) is 16.7. The number of aliphatic imine (C=N–C) groups is 1. The van der Waals surface area contributed by atoms with Crippen molar-refractivity contribution >= 4 is 39.9 Å². The molecule has 0 amide bonds. The van der Waals surface area contributed by atoms with Crippen LogP contribution in [0.3, 0.4) is 0 Å². The van der Waals surface area contributed by atoms with E-state index in [1.807, 2.05) is 6.92 Å². The van der Waals surface area contributed by atoms with E-state index in [0.717, 1.165) is 10.9 Å². The fraction of sp³-hybridized carbons (Fsp3) is 0.400. The van der Waals surface area contributed by atoms with Gasteiger partial charge in [-0.2, -0.15) is 4.98 Å². The summed E-state index contributed by atoms with van der Waals surface area (Å²) < 4.78 is 28.6. The zero-order valence-corrected chi connectivity index (χ0v) is 19.6. The molecule has 2 unspecified atom stereocenters. The van der Waals surface area contributed by atoms with Gasteiger partial charge in [0.05, 0.1) is 11.5 Å². The van der Waals surface area contributed by atoms with Crippen molar-refractivity contribution in [2.75, 3.05) is 13.7 Å². The summed E-state index contributed by atoms with van der Waals surface area (Å²) in [5, 5.41) is 19.7. The second-order valence-corrected chi connectivity index (χ2v) is 8.01. The predicted molar refractivity (Wildman–Crippen MR) is 123 cm³/mol. The number of rotatable bonds is 8. The van der Waals surface area contributed by atoms with Crippen LogP contribution in [0.2, 0.25) is 5.28 Å². The Balaban J connectivity index is 1.55.